The van der Waals surface area contributed by atoms with Gasteiger partial charge in [-0.25, -0.2) is 9.59 Å². The van der Waals surface area contributed by atoms with Crippen molar-refractivity contribution in [2.24, 2.45) is 5.92 Å². The van der Waals surface area contributed by atoms with Crippen molar-refractivity contribution >= 4 is 12.1 Å². The van der Waals surface area contributed by atoms with Crippen LogP contribution in [0.4, 0.5) is 18.0 Å². The van der Waals surface area contributed by atoms with Gasteiger partial charge in [0.2, 0.25) is 6.79 Å². The molecule has 0 amide bonds. The molecular formula is C24H30F3NO6. The van der Waals surface area contributed by atoms with Crippen LogP contribution >= 0.6 is 0 Å². The number of hydrogen-bond acceptors (Lipinski definition) is 6. The van der Waals surface area contributed by atoms with Gasteiger partial charge in [-0.3, -0.25) is 0 Å². The molecule has 2 bridgehead atoms. The Morgan fingerprint density at radius 1 is 1.12 bits per heavy atom. The summed E-state index contributed by atoms with van der Waals surface area (Å²) in [5.41, 5.74) is 3.26. The fourth-order valence-electron chi connectivity index (χ4n) is 5.80. The average Bonchev–Trinajstić information content (AvgIpc) is 2.76. The fraction of sp³-hybridized carbons (Fsp3) is 0.667. The molecule has 0 spiro atoms. The summed E-state index contributed by atoms with van der Waals surface area (Å²) < 4.78 is 47.8. The number of carboxylic acid groups (broad SMARTS) is 1. The third-order valence-electron chi connectivity index (χ3n) is 7.58. The minimum atomic E-state index is -5.08. The van der Waals surface area contributed by atoms with Crippen LogP contribution in [-0.4, -0.2) is 48.9 Å². The number of aliphatic carboxylic acids is 1. The van der Waals surface area contributed by atoms with Crippen LogP contribution in [-0.2, 0) is 26.1 Å². The van der Waals surface area contributed by atoms with Crippen LogP contribution in [0.25, 0.3) is 0 Å². The molecule has 1 saturated heterocycles. The lowest BCUT2D eigenvalue weighted by Crippen LogP contribution is -2.59. The summed E-state index contributed by atoms with van der Waals surface area (Å²) >= 11 is 0. The van der Waals surface area contributed by atoms with Crippen molar-refractivity contribution in [2.45, 2.75) is 81.5 Å². The van der Waals surface area contributed by atoms with Crippen LogP contribution in [0.3, 0.4) is 0 Å². The zero-order chi connectivity index (χ0) is 24.3. The first-order chi connectivity index (χ1) is 16.2. The first-order valence-electron chi connectivity index (χ1n) is 11.8. The maximum atomic E-state index is 11.7. The molecule has 2 saturated carbocycles. The lowest BCUT2D eigenvalue weighted by molar-refractivity contribution is -0.192. The van der Waals surface area contributed by atoms with Gasteiger partial charge in [-0.1, -0.05) is 18.9 Å². The molecule has 3 aliphatic carbocycles. The second-order valence-corrected chi connectivity index (χ2v) is 9.47. The van der Waals surface area contributed by atoms with Crippen LogP contribution in [0.15, 0.2) is 18.2 Å². The number of hydrogen-bond donors (Lipinski definition) is 2. The van der Waals surface area contributed by atoms with Gasteiger partial charge in [0.1, 0.15) is 11.9 Å². The monoisotopic (exact) mass is 485 g/mol. The molecule has 0 aromatic heterocycles. The number of nitrogens with one attached hydrogen (secondary N) is 1. The number of halogens is 3. The van der Waals surface area contributed by atoms with Gasteiger partial charge in [-0.05, 0) is 80.7 Å². The summed E-state index contributed by atoms with van der Waals surface area (Å²) in [6, 6.07) is 7.07. The van der Waals surface area contributed by atoms with Gasteiger partial charge in [0.05, 0.1) is 0 Å². The number of carboxylic acids is 1. The quantitative estimate of drug-likeness (QED) is 0.471. The molecule has 1 aromatic rings. The average molecular weight is 485 g/mol. The minimum absolute atomic E-state index is 0.0384. The Morgan fingerprint density at radius 3 is 2.56 bits per heavy atom. The molecule has 0 radical (unpaired) electrons. The van der Waals surface area contributed by atoms with E-state index in [-0.39, 0.29) is 12.9 Å². The van der Waals surface area contributed by atoms with Crippen LogP contribution in [0.1, 0.15) is 62.5 Å². The Morgan fingerprint density at radius 2 is 1.88 bits per heavy atom. The second kappa shape index (κ2) is 10.0. The highest BCUT2D eigenvalue weighted by atomic mass is 19.4. The van der Waals surface area contributed by atoms with E-state index in [0.29, 0.717) is 11.5 Å². The predicted octanol–water partition coefficient (Wildman–Crippen LogP) is 4.71. The highest BCUT2D eigenvalue weighted by molar-refractivity contribution is 5.73. The van der Waals surface area contributed by atoms with Crippen molar-refractivity contribution in [1.29, 1.82) is 0 Å². The number of ether oxygens (including phenoxy) is 3. The van der Waals surface area contributed by atoms with E-state index in [1.54, 1.807) is 0 Å². The molecule has 7 nitrogen and oxygen atoms in total. The van der Waals surface area contributed by atoms with Crippen molar-refractivity contribution in [3.63, 3.8) is 0 Å². The summed E-state index contributed by atoms with van der Waals surface area (Å²) in [6.07, 6.45) is 4.98. The molecule has 0 unspecified atom stereocenters. The van der Waals surface area contributed by atoms with Crippen LogP contribution in [0.2, 0.25) is 0 Å². The van der Waals surface area contributed by atoms with Crippen molar-refractivity contribution < 1.29 is 42.1 Å². The number of piperidine rings is 1. The lowest BCUT2D eigenvalue weighted by atomic mass is 9.53. The van der Waals surface area contributed by atoms with Gasteiger partial charge in [0.25, 0.3) is 0 Å². The summed E-state index contributed by atoms with van der Waals surface area (Å²) in [6.45, 7) is 1.02. The van der Waals surface area contributed by atoms with E-state index < -0.39 is 18.3 Å². The number of carbonyl (C=O) groups is 2. The number of alkyl halides is 3. The second-order valence-electron chi connectivity index (χ2n) is 9.47. The zero-order valence-corrected chi connectivity index (χ0v) is 18.9. The zero-order valence-electron chi connectivity index (χ0n) is 18.9. The fourth-order valence-corrected chi connectivity index (χ4v) is 5.80. The van der Waals surface area contributed by atoms with Gasteiger partial charge in [-0.15, -0.1) is 0 Å². The van der Waals surface area contributed by atoms with Crippen LogP contribution in [0, 0.1) is 5.92 Å². The standard InChI is InChI=1S/C22H29NO4.C2HF3O2/c24-21(27-16-4-3-5-16)26-14-25-17-8-7-15-12-20-18-6-1-2-9-22(18,10-11-23-20)19(15)13-17;3-2(4,5)1(6)7/h7-8,13,16,18,20,23H,1-6,9-12,14H2;(H,6,7)/t18-,20-,22+;/m1./s1. The van der Waals surface area contributed by atoms with E-state index in [2.05, 4.69) is 17.4 Å². The number of fused-ring (bicyclic) bond motifs is 1. The third-order valence-corrected chi connectivity index (χ3v) is 7.58. The Labute approximate surface area is 195 Å². The van der Waals surface area contributed by atoms with E-state index >= 15 is 0 Å². The third kappa shape index (κ3) is 5.26. The molecule has 188 valence electrons. The van der Waals surface area contributed by atoms with Gasteiger partial charge in [-0.2, -0.15) is 13.2 Å². The van der Waals surface area contributed by atoms with E-state index in [1.807, 2.05) is 6.07 Å². The van der Waals surface area contributed by atoms with Gasteiger partial charge < -0.3 is 24.6 Å². The van der Waals surface area contributed by atoms with E-state index in [4.69, 9.17) is 24.1 Å². The number of benzene rings is 1. The summed E-state index contributed by atoms with van der Waals surface area (Å²) in [4.78, 5) is 20.6. The summed E-state index contributed by atoms with van der Waals surface area (Å²) in [5.74, 6) is -1.22. The smallest absolute Gasteiger partial charge is 0.475 e. The van der Waals surface area contributed by atoms with Crippen LogP contribution < -0.4 is 10.1 Å². The first kappa shape index (κ1) is 24.6. The Kier molecular flexibility index (Phi) is 7.25. The molecule has 1 aromatic carbocycles. The molecule has 34 heavy (non-hydrogen) atoms. The largest absolute Gasteiger partial charge is 0.511 e. The lowest BCUT2D eigenvalue weighted by Gasteiger charge is -2.56. The normalized spacial score (nSPS) is 27.6. The van der Waals surface area contributed by atoms with Crippen molar-refractivity contribution in [1.82, 2.24) is 5.32 Å². The highest BCUT2D eigenvalue weighted by Gasteiger charge is 2.51. The van der Waals surface area contributed by atoms with Crippen LogP contribution in [0.5, 0.6) is 5.75 Å². The maximum Gasteiger partial charge on any atom is 0.511 e. The summed E-state index contributed by atoms with van der Waals surface area (Å²) in [5, 5.41) is 10.9. The van der Waals surface area contributed by atoms with Gasteiger partial charge in [0, 0.05) is 11.5 Å². The van der Waals surface area contributed by atoms with E-state index in [1.165, 1.54) is 43.2 Å². The Balaban J connectivity index is 0.000000344. The molecule has 5 rings (SSSR count). The van der Waals surface area contributed by atoms with Crippen molar-refractivity contribution in [3.8, 4) is 5.75 Å². The molecular weight excluding hydrogens is 455 g/mol. The number of carbonyl (C=O) groups excluding carboxylic acids is 1. The Bertz CT molecular complexity index is 899. The maximum absolute atomic E-state index is 11.7. The van der Waals surface area contributed by atoms with Crippen molar-refractivity contribution in [3.05, 3.63) is 29.3 Å². The first-order valence-corrected chi connectivity index (χ1v) is 11.8. The molecule has 10 heteroatoms. The minimum Gasteiger partial charge on any atom is -0.475 e. The molecule has 1 heterocycles. The predicted molar refractivity (Wildman–Crippen MR) is 115 cm³/mol. The molecule has 2 N–H and O–H groups in total. The van der Waals surface area contributed by atoms with Gasteiger partial charge >= 0.3 is 18.3 Å². The van der Waals surface area contributed by atoms with Gasteiger partial charge in [0.15, 0.2) is 0 Å². The topological polar surface area (TPSA) is 94.1 Å². The van der Waals surface area contributed by atoms with E-state index in [9.17, 15) is 18.0 Å². The van der Waals surface area contributed by atoms with E-state index in [0.717, 1.165) is 43.9 Å². The van der Waals surface area contributed by atoms with Crippen molar-refractivity contribution in [2.75, 3.05) is 13.3 Å². The highest BCUT2D eigenvalue weighted by Crippen LogP contribution is 2.54. The summed E-state index contributed by atoms with van der Waals surface area (Å²) in [7, 11) is 0. The molecule has 3 atom stereocenters. The SMILES string of the molecule is O=C(O)C(F)(F)F.O=C(OCOc1ccc2c(c1)[C@]13CCCC[C@@H]1[C@@H](C2)NCC3)OC1CCC1. The molecule has 3 fully saturated rings. The molecule has 1 aliphatic heterocycles. The Hall–Kier alpha value is -2.49. The molecule has 4 aliphatic rings. The number of rotatable bonds is 4.